The van der Waals surface area contributed by atoms with E-state index in [0.717, 1.165) is 36.3 Å². The van der Waals surface area contributed by atoms with Crippen LogP contribution in [0.4, 0.5) is 0 Å². The second-order valence-corrected chi connectivity index (χ2v) is 5.17. The van der Waals surface area contributed by atoms with Crippen LogP contribution in [0.1, 0.15) is 18.7 Å². The predicted molar refractivity (Wildman–Crippen MR) is 76.5 cm³/mol. The maximum atomic E-state index is 12.0. The van der Waals surface area contributed by atoms with Gasteiger partial charge in [0.1, 0.15) is 12.4 Å². The van der Waals surface area contributed by atoms with Crippen LogP contribution in [0.3, 0.4) is 0 Å². The molecule has 0 unspecified atom stereocenters. The normalized spacial score (nSPS) is 18.6. The van der Waals surface area contributed by atoms with Gasteiger partial charge in [-0.25, -0.2) is 4.98 Å². The lowest BCUT2D eigenvalue weighted by atomic mass is 10.2. The van der Waals surface area contributed by atoms with Crippen LogP contribution in [-0.4, -0.2) is 34.7 Å². The zero-order valence-corrected chi connectivity index (χ0v) is 11.6. The molecule has 1 saturated heterocycles. The van der Waals surface area contributed by atoms with Crippen molar-refractivity contribution in [3.63, 3.8) is 0 Å². The minimum atomic E-state index is 0.00625. The third-order valence-electron chi connectivity index (χ3n) is 3.70. The Bertz CT molecular complexity index is 615. The number of imidazole rings is 1. The summed E-state index contributed by atoms with van der Waals surface area (Å²) in [6.07, 6.45) is 2.30. The minimum Gasteiger partial charge on any atom is -0.376 e. The first kappa shape index (κ1) is 13.1. The fraction of sp³-hybridized carbons (Fsp3) is 0.467. The second kappa shape index (κ2) is 5.63. The average molecular weight is 273 g/mol. The number of fused-ring (bicyclic) bond motifs is 1. The molecule has 0 aliphatic carbocycles. The van der Waals surface area contributed by atoms with Crippen LogP contribution in [0.2, 0.25) is 0 Å². The Morgan fingerprint density at radius 2 is 2.35 bits per heavy atom. The number of para-hydroxylation sites is 2. The Balaban J connectivity index is 1.66. The molecule has 1 amide bonds. The van der Waals surface area contributed by atoms with Crippen molar-refractivity contribution >= 4 is 16.9 Å². The molecule has 1 N–H and O–H groups in total. The Hall–Kier alpha value is -1.88. The van der Waals surface area contributed by atoms with Gasteiger partial charge in [-0.3, -0.25) is 4.79 Å². The molecule has 20 heavy (non-hydrogen) atoms. The molecule has 1 atom stereocenters. The van der Waals surface area contributed by atoms with Crippen molar-refractivity contribution < 1.29 is 9.53 Å². The van der Waals surface area contributed by atoms with Gasteiger partial charge in [0.15, 0.2) is 0 Å². The monoisotopic (exact) mass is 273 g/mol. The summed E-state index contributed by atoms with van der Waals surface area (Å²) in [5.74, 6) is 0.866. The van der Waals surface area contributed by atoms with E-state index in [9.17, 15) is 4.79 Å². The number of hydrogen-bond donors (Lipinski definition) is 1. The number of ether oxygens (including phenoxy) is 1. The van der Waals surface area contributed by atoms with Crippen LogP contribution in [0.15, 0.2) is 24.3 Å². The molecule has 1 aliphatic heterocycles. The Kier molecular flexibility index (Phi) is 3.69. The first-order valence-electron chi connectivity index (χ1n) is 7.04. The van der Waals surface area contributed by atoms with Gasteiger partial charge in [0.05, 0.1) is 17.1 Å². The summed E-state index contributed by atoms with van der Waals surface area (Å²) >= 11 is 0. The van der Waals surface area contributed by atoms with Crippen molar-refractivity contribution in [2.75, 3.05) is 13.2 Å². The molecule has 5 nitrogen and oxygen atoms in total. The van der Waals surface area contributed by atoms with E-state index in [4.69, 9.17) is 4.74 Å². The van der Waals surface area contributed by atoms with Gasteiger partial charge in [-0.15, -0.1) is 0 Å². The van der Waals surface area contributed by atoms with Gasteiger partial charge in [0.2, 0.25) is 5.91 Å². The number of aromatic nitrogens is 2. The van der Waals surface area contributed by atoms with Gasteiger partial charge in [0.25, 0.3) is 0 Å². The summed E-state index contributed by atoms with van der Waals surface area (Å²) in [6, 6.07) is 7.87. The lowest BCUT2D eigenvalue weighted by molar-refractivity contribution is -0.122. The number of benzene rings is 1. The molecule has 1 fully saturated rings. The highest BCUT2D eigenvalue weighted by Gasteiger charge is 2.17. The topological polar surface area (TPSA) is 56.2 Å². The van der Waals surface area contributed by atoms with Gasteiger partial charge in [0, 0.05) is 13.2 Å². The molecule has 2 heterocycles. The number of nitrogens with one attached hydrogen (secondary N) is 1. The predicted octanol–water partition coefficient (Wildman–Crippen LogP) is 1.64. The van der Waals surface area contributed by atoms with E-state index in [-0.39, 0.29) is 12.0 Å². The molecule has 0 saturated carbocycles. The SMILES string of the molecule is Cc1nc2ccccc2n1CC(=O)NC[C@@H]1CCCO1. The van der Waals surface area contributed by atoms with Crippen LogP contribution >= 0.6 is 0 Å². The summed E-state index contributed by atoms with van der Waals surface area (Å²) in [7, 11) is 0. The van der Waals surface area contributed by atoms with E-state index < -0.39 is 0 Å². The number of carbonyl (C=O) groups is 1. The molecule has 2 aromatic rings. The highest BCUT2D eigenvalue weighted by molar-refractivity contribution is 5.81. The Morgan fingerprint density at radius 3 is 3.15 bits per heavy atom. The molecule has 0 spiro atoms. The van der Waals surface area contributed by atoms with Gasteiger partial charge < -0.3 is 14.6 Å². The van der Waals surface area contributed by atoms with Crippen LogP contribution in [-0.2, 0) is 16.1 Å². The van der Waals surface area contributed by atoms with Crippen molar-refractivity contribution in [2.24, 2.45) is 0 Å². The van der Waals surface area contributed by atoms with Crippen molar-refractivity contribution in [1.29, 1.82) is 0 Å². The molecule has 1 aromatic heterocycles. The summed E-state index contributed by atoms with van der Waals surface area (Å²) in [5, 5.41) is 2.94. The first-order chi connectivity index (χ1) is 9.74. The lowest BCUT2D eigenvalue weighted by Gasteiger charge is -2.12. The molecule has 0 bridgehead atoms. The molecule has 0 radical (unpaired) electrons. The molecule has 106 valence electrons. The summed E-state index contributed by atoms with van der Waals surface area (Å²) in [6.45, 7) is 3.64. The van der Waals surface area contributed by atoms with Gasteiger partial charge >= 0.3 is 0 Å². The molecule has 5 heteroatoms. The van der Waals surface area contributed by atoms with E-state index >= 15 is 0 Å². The lowest BCUT2D eigenvalue weighted by Crippen LogP contribution is -2.34. The second-order valence-electron chi connectivity index (χ2n) is 5.17. The van der Waals surface area contributed by atoms with Crippen LogP contribution < -0.4 is 5.32 Å². The zero-order chi connectivity index (χ0) is 13.9. The molecular formula is C15H19N3O2. The molecular weight excluding hydrogens is 254 g/mol. The van der Waals surface area contributed by atoms with Crippen molar-refractivity contribution in [2.45, 2.75) is 32.4 Å². The smallest absolute Gasteiger partial charge is 0.240 e. The van der Waals surface area contributed by atoms with E-state index in [0.29, 0.717) is 13.1 Å². The number of aryl methyl sites for hydroxylation is 1. The average Bonchev–Trinajstić information content (AvgIpc) is 3.06. The molecule has 1 aliphatic rings. The quantitative estimate of drug-likeness (QED) is 0.921. The minimum absolute atomic E-state index is 0.00625. The number of rotatable bonds is 4. The van der Waals surface area contributed by atoms with E-state index in [1.807, 2.05) is 35.8 Å². The van der Waals surface area contributed by atoms with Crippen LogP contribution in [0.5, 0.6) is 0 Å². The Morgan fingerprint density at radius 1 is 1.50 bits per heavy atom. The van der Waals surface area contributed by atoms with Gasteiger partial charge in [-0.05, 0) is 31.9 Å². The van der Waals surface area contributed by atoms with E-state index in [1.54, 1.807) is 0 Å². The zero-order valence-electron chi connectivity index (χ0n) is 11.6. The number of amides is 1. The highest BCUT2D eigenvalue weighted by atomic mass is 16.5. The Labute approximate surface area is 117 Å². The van der Waals surface area contributed by atoms with Crippen molar-refractivity contribution in [1.82, 2.24) is 14.9 Å². The van der Waals surface area contributed by atoms with E-state index in [1.165, 1.54) is 0 Å². The van der Waals surface area contributed by atoms with Gasteiger partial charge in [-0.1, -0.05) is 12.1 Å². The number of nitrogens with zero attached hydrogens (tertiary/aromatic N) is 2. The van der Waals surface area contributed by atoms with Crippen LogP contribution in [0, 0.1) is 6.92 Å². The largest absolute Gasteiger partial charge is 0.376 e. The number of carbonyl (C=O) groups excluding carboxylic acids is 1. The van der Waals surface area contributed by atoms with Gasteiger partial charge in [-0.2, -0.15) is 0 Å². The van der Waals surface area contributed by atoms with Crippen molar-refractivity contribution in [3.8, 4) is 0 Å². The first-order valence-corrected chi connectivity index (χ1v) is 7.04. The standard InChI is InChI=1S/C15H19N3O2/c1-11-17-13-6-2-3-7-14(13)18(11)10-15(19)16-9-12-5-4-8-20-12/h2-3,6-7,12H,4-5,8-10H2,1H3,(H,16,19)/t12-/m0/s1. The fourth-order valence-electron chi connectivity index (χ4n) is 2.63. The van der Waals surface area contributed by atoms with Crippen molar-refractivity contribution in [3.05, 3.63) is 30.1 Å². The third-order valence-corrected chi connectivity index (χ3v) is 3.70. The molecule has 3 rings (SSSR count). The maximum absolute atomic E-state index is 12.0. The summed E-state index contributed by atoms with van der Waals surface area (Å²) < 4.78 is 7.44. The summed E-state index contributed by atoms with van der Waals surface area (Å²) in [4.78, 5) is 16.5. The molecule has 1 aromatic carbocycles. The fourth-order valence-corrected chi connectivity index (χ4v) is 2.63. The van der Waals surface area contributed by atoms with E-state index in [2.05, 4.69) is 10.3 Å². The third kappa shape index (κ3) is 2.67. The van der Waals surface area contributed by atoms with Crippen LogP contribution in [0.25, 0.3) is 11.0 Å². The number of hydrogen-bond acceptors (Lipinski definition) is 3. The maximum Gasteiger partial charge on any atom is 0.240 e. The summed E-state index contributed by atoms with van der Waals surface area (Å²) in [5.41, 5.74) is 1.93. The highest BCUT2D eigenvalue weighted by Crippen LogP contribution is 2.15.